The number of hydrogen-bond donors (Lipinski definition) is 1. The molecule has 0 aliphatic carbocycles. The fourth-order valence-corrected chi connectivity index (χ4v) is 3.45. The van der Waals surface area contributed by atoms with Crippen LogP contribution in [-0.2, 0) is 26.2 Å². The number of aromatic nitrogens is 5. The third-order valence-corrected chi connectivity index (χ3v) is 5.25. The molecule has 0 amide bonds. The summed E-state index contributed by atoms with van der Waals surface area (Å²) in [7, 11) is 3.30. The van der Waals surface area contributed by atoms with E-state index >= 15 is 0 Å². The van der Waals surface area contributed by atoms with Crippen LogP contribution >= 0.6 is 11.3 Å². The van der Waals surface area contributed by atoms with Crippen molar-refractivity contribution in [2.45, 2.75) is 32.9 Å². The van der Waals surface area contributed by atoms with Gasteiger partial charge in [-0.15, -0.1) is 11.3 Å². The van der Waals surface area contributed by atoms with Crippen molar-refractivity contribution >= 4 is 22.5 Å². The summed E-state index contributed by atoms with van der Waals surface area (Å²) in [5, 5.41) is 10.7. The summed E-state index contributed by atoms with van der Waals surface area (Å²) in [6, 6.07) is 0. The molecule has 0 unspecified atom stereocenters. The van der Waals surface area contributed by atoms with Crippen LogP contribution < -0.4 is 11.2 Å². The van der Waals surface area contributed by atoms with Crippen LogP contribution in [0, 0.1) is 6.92 Å². The van der Waals surface area contributed by atoms with Gasteiger partial charge in [0.05, 0.1) is 18.6 Å². The van der Waals surface area contributed by atoms with Crippen molar-refractivity contribution in [1.82, 2.24) is 23.7 Å². The zero-order valence-corrected chi connectivity index (χ0v) is 15.0. The summed E-state index contributed by atoms with van der Waals surface area (Å²) >= 11 is 1.36. The van der Waals surface area contributed by atoms with Crippen molar-refractivity contribution in [3.63, 3.8) is 0 Å². The zero-order valence-electron chi connectivity index (χ0n) is 14.2. The SMILES string of the molecule is Cc1sc(C(C)(C)O)nc1Cn1c(=O)c2c(ncn2C)n(C)c1=O. The Kier molecular flexibility index (Phi) is 3.72. The van der Waals surface area contributed by atoms with Crippen LogP contribution in [0.4, 0.5) is 0 Å². The maximum atomic E-state index is 12.7. The molecule has 0 fully saturated rings. The number of imidazole rings is 1. The third-order valence-electron chi connectivity index (χ3n) is 3.92. The minimum absolute atomic E-state index is 0.0606. The van der Waals surface area contributed by atoms with E-state index in [0.29, 0.717) is 21.9 Å². The maximum Gasteiger partial charge on any atom is 0.332 e. The molecule has 0 aromatic carbocycles. The van der Waals surface area contributed by atoms with E-state index < -0.39 is 16.9 Å². The second-order valence-electron chi connectivity index (χ2n) is 6.34. The van der Waals surface area contributed by atoms with Crippen molar-refractivity contribution in [2.75, 3.05) is 0 Å². The number of aryl methyl sites for hydroxylation is 3. The van der Waals surface area contributed by atoms with Gasteiger partial charge in [-0.25, -0.2) is 14.8 Å². The average molecular weight is 349 g/mol. The first-order valence-electron chi connectivity index (χ1n) is 7.41. The first kappa shape index (κ1) is 16.6. The molecule has 128 valence electrons. The fourth-order valence-electron chi connectivity index (χ4n) is 2.52. The van der Waals surface area contributed by atoms with Gasteiger partial charge < -0.3 is 9.67 Å². The number of hydrogen-bond acceptors (Lipinski definition) is 6. The van der Waals surface area contributed by atoms with Gasteiger partial charge in [-0.05, 0) is 20.8 Å². The van der Waals surface area contributed by atoms with Gasteiger partial charge in [0.1, 0.15) is 10.6 Å². The molecule has 0 saturated heterocycles. The van der Waals surface area contributed by atoms with Gasteiger partial charge >= 0.3 is 5.69 Å². The van der Waals surface area contributed by atoms with E-state index in [2.05, 4.69) is 9.97 Å². The zero-order chi connectivity index (χ0) is 17.8. The molecule has 0 aliphatic rings. The first-order chi connectivity index (χ1) is 11.1. The average Bonchev–Trinajstić information content (AvgIpc) is 3.05. The second kappa shape index (κ2) is 5.38. The standard InChI is InChI=1S/C15H19N5O3S/c1-8-9(17-13(24-8)15(2,3)23)6-20-12(21)10-11(16-7-18(10)4)19(5)14(20)22/h7,23H,6H2,1-5H3. The molecular weight excluding hydrogens is 330 g/mol. The van der Waals surface area contributed by atoms with E-state index in [1.54, 1.807) is 32.5 Å². The second-order valence-corrected chi connectivity index (χ2v) is 7.54. The van der Waals surface area contributed by atoms with Gasteiger partial charge in [0, 0.05) is 19.0 Å². The Labute approximate surface area is 141 Å². The molecule has 24 heavy (non-hydrogen) atoms. The molecule has 0 saturated carbocycles. The predicted molar refractivity (Wildman–Crippen MR) is 91.4 cm³/mol. The largest absolute Gasteiger partial charge is 0.383 e. The monoisotopic (exact) mass is 349 g/mol. The molecule has 8 nitrogen and oxygen atoms in total. The van der Waals surface area contributed by atoms with Crippen LogP contribution in [0.25, 0.3) is 11.2 Å². The Morgan fingerprint density at radius 2 is 1.96 bits per heavy atom. The highest BCUT2D eigenvalue weighted by atomic mass is 32.1. The number of aliphatic hydroxyl groups is 1. The summed E-state index contributed by atoms with van der Waals surface area (Å²) in [4.78, 5) is 34.6. The van der Waals surface area contributed by atoms with Gasteiger partial charge in [0.2, 0.25) is 0 Å². The van der Waals surface area contributed by atoms with Crippen molar-refractivity contribution < 1.29 is 5.11 Å². The topological polar surface area (TPSA) is 94.9 Å². The Hall–Kier alpha value is -2.26. The van der Waals surface area contributed by atoms with E-state index in [9.17, 15) is 14.7 Å². The molecule has 3 rings (SSSR count). The lowest BCUT2D eigenvalue weighted by Crippen LogP contribution is -2.40. The first-order valence-corrected chi connectivity index (χ1v) is 8.23. The maximum absolute atomic E-state index is 12.7. The smallest absolute Gasteiger partial charge is 0.332 e. The van der Waals surface area contributed by atoms with Crippen LogP contribution in [0.3, 0.4) is 0 Å². The minimum Gasteiger partial charge on any atom is -0.383 e. The molecule has 0 radical (unpaired) electrons. The molecule has 3 heterocycles. The molecule has 1 N–H and O–H groups in total. The molecular formula is C15H19N5O3S. The van der Waals surface area contributed by atoms with Crippen molar-refractivity contribution in [2.24, 2.45) is 14.1 Å². The van der Waals surface area contributed by atoms with Crippen LogP contribution in [0.2, 0.25) is 0 Å². The number of rotatable bonds is 3. The Morgan fingerprint density at radius 3 is 2.54 bits per heavy atom. The van der Waals surface area contributed by atoms with Gasteiger partial charge in [-0.1, -0.05) is 0 Å². The molecule has 0 atom stereocenters. The summed E-state index contributed by atoms with van der Waals surface area (Å²) in [5.41, 5.74) is -0.564. The molecule has 0 bridgehead atoms. The van der Waals surface area contributed by atoms with Crippen molar-refractivity contribution in [1.29, 1.82) is 0 Å². The third kappa shape index (κ3) is 2.49. The van der Waals surface area contributed by atoms with Gasteiger partial charge in [0.15, 0.2) is 11.2 Å². The number of fused-ring (bicyclic) bond motifs is 1. The van der Waals surface area contributed by atoms with E-state index in [1.807, 2.05) is 6.92 Å². The summed E-state index contributed by atoms with van der Waals surface area (Å²) in [6.45, 7) is 5.23. The molecule has 0 aliphatic heterocycles. The van der Waals surface area contributed by atoms with Crippen LogP contribution in [0.5, 0.6) is 0 Å². The van der Waals surface area contributed by atoms with E-state index in [4.69, 9.17) is 0 Å². The van der Waals surface area contributed by atoms with E-state index in [-0.39, 0.29) is 6.54 Å². The van der Waals surface area contributed by atoms with Gasteiger partial charge in [-0.3, -0.25) is 13.9 Å². The van der Waals surface area contributed by atoms with Crippen molar-refractivity contribution in [3.8, 4) is 0 Å². The molecule has 9 heteroatoms. The van der Waals surface area contributed by atoms with Gasteiger partial charge in [-0.2, -0.15) is 0 Å². The lowest BCUT2D eigenvalue weighted by Gasteiger charge is -2.12. The minimum atomic E-state index is -1.06. The van der Waals surface area contributed by atoms with E-state index in [1.165, 1.54) is 22.2 Å². The lowest BCUT2D eigenvalue weighted by atomic mass is 10.1. The highest BCUT2D eigenvalue weighted by Gasteiger charge is 2.23. The van der Waals surface area contributed by atoms with Crippen molar-refractivity contribution in [3.05, 3.63) is 42.7 Å². The van der Waals surface area contributed by atoms with E-state index in [0.717, 1.165) is 9.44 Å². The highest BCUT2D eigenvalue weighted by Crippen LogP contribution is 2.27. The fraction of sp³-hybridized carbons (Fsp3) is 0.467. The lowest BCUT2D eigenvalue weighted by molar-refractivity contribution is 0.0781. The number of thiazole rings is 1. The number of nitrogens with zero attached hydrogens (tertiary/aromatic N) is 5. The highest BCUT2D eigenvalue weighted by molar-refractivity contribution is 7.11. The Morgan fingerprint density at radius 1 is 1.29 bits per heavy atom. The summed E-state index contributed by atoms with van der Waals surface area (Å²) in [5.74, 6) is 0. The predicted octanol–water partition coefficient (Wildman–Crippen LogP) is 0.474. The Bertz CT molecular complexity index is 1050. The molecule has 3 aromatic rings. The summed E-state index contributed by atoms with van der Waals surface area (Å²) in [6.07, 6.45) is 1.51. The van der Waals surface area contributed by atoms with Gasteiger partial charge in [0.25, 0.3) is 5.56 Å². The van der Waals surface area contributed by atoms with Crippen LogP contribution in [-0.4, -0.2) is 28.8 Å². The van der Waals surface area contributed by atoms with Crippen LogP contribution in [0.1, 0.15) is 29.4 Å². The Balaban J connectivity index is 2.18. The molecule has 3 aromatic heterocycles. The normalized spacial score (nSPS) is 12.2. The van der Waals surface area contributed by atoms with Crippen LogP contribution in [0.15, 0.2) is 15.9 Å². The quantitative estimate of drug-likeness (QED) is 0.742. The molecule has 0 spiro atoms. The summed E-state index contributed by atoms with van der Waals surface area (Å²) < 4.78 is 4.11.